The van der Waals surface area contributed by atoms with E-state index in [1.54, 1.807) is 12.1 Å². The Morgan fingerprint density at radius 1 is 1.28 bits per heavy atom. The highest BCUT2D eigenvalue weighted by atomic mass is 32.2. The first kappa shape index (κ1) is 12.9. The molecule has 0 bridgehead atoms. The van der Waals surface area contributed by atoms with Gasteiger partial charge in [0, 0.05) is 11.4 Å². The Morgan fingerprint density at radius 3 is 2.67 bits per heavy atom. The van der Waals surface area contributed by atoms with Crippen molar-refractivity contribution in [1.82, 2.24) is 15.3 Å². The number of hydrogen-bond donors (Lipinski definition) is 2. The van der Waals surface area contributed by atoms with E-state index in [-0.39, 0.29) is 4.21 Å². The van der Waals surface area contributed by atoms with Gasteiger partial charge in [0.15, 0.2) is 0 Å². The summed E-state index contributed by atoms with van der Waals surface area (Å²) in [6.45, 7) is 0.647. The van der Waals surface area contributed by atoms with Crippen LogP contribution in [0.5, 0.6) is 0 Å². The van der Waals surface area contributed by atoms with E-state index in [4.69, 9.17) is 0 Å². The molecule has 2 aromatic rings. The molecule has 2 aromatic heterocycles. The number of thiophene rings is 1. The average molecular weight is 284 g/mol. The lowest BCUT2D eigenvalue weighted by Crippen LogP contribution is -2.11. The van der Waals surface area contributed by atoms with Crippen LogP contribution >= 0.6 is 11.3 Å². The van der Waals surface area contributed by atoms with Crippen LogP contribution in [-0.2, 0) is 16.6 Å². The molecule has 2 heterocycles. The molecular formula is C10H12N4O2S2. The first-order valence-electron chi connectivity index (χ1n) is 5.13. The number of sulfonamides is 1. The van der Waals surface area contributed by atoms with Crippen molar-refractivity contribution < 1.29 is 8.42 Å². The Morgan fingerprint density at radius 2 is 2.00 bits per heavy atom. The molecule has 0 unspecified atom stereocenters. The minimum absolute atomic E-state index is 0.275. The van der Waals surface area contributed by atoms with Crippen LogP contribution in [0, 0.1) is 0 Å². The summed E-state index contributed by atoms with van der Waals surface area (Å²) >= 11 is 1.23. The van der Waals surface area contributed by atoms with Crippen LogP contribution in [0.3, 0.4) is 0 Å². The molecule has 0 aliphatic carbocycles. The fourth-order valence-electron chi connectivity index (χ4n) is 1.33. The maximum atomic E-state index is 12.0. The number of aromatic nitrogens is 2. The van der Waals surface area contributed by atoms with E-state index in [0.29, 0.717) is 12.2 Å². The minimum atomic E-state index is -3.55. The lowest BCUT2D eigenvalue weighted by molar-refractivity contribution is 0.603. The summed E-state index contributed by atoms with van der Waals surface area (Å²) in [7, 11) is -1.74. The van der Waals surface area contributed by atoms with E-state index in [2.05, 4.69) is 20.0 Å². The summed E-state index contributed by atoms with van der Waals surface area (Å²) in [5.41, 5.74) is 0.348. The van der Waals surface area contributed by atoms with Gasteiger partial charge in [-0.2, -0.15) is 0 Å². The van der Waals surface area contributed by atoms with E-state index in [1.165, 1.54) is 30.1 Å². The molecule has 6 nitrogen and oxygen atoms in total. The highest BCUT2D eigenvalue weighted by Gasteiger charge is 2.16. The standard InChI is InChI=1S/C10H12N4O2S2/c1-11-6-9-2-3-10(17-9)18(15,16)14-8-4-12-7-13-5-8/h2-5,7,11,14H,6H2,1H3. The summed E-state index contributed by atoms with van der Waals surface area (Å²) in [6, 6.07) is 3.38. The zero-order chi connectivity index (χ0) is 13.0. The Labute approximate surface area is 109 Å². The van der Waals surface area contributed by atoms with Crippen LogP contribution in [0.25, 0.3) is 0 Å². The predicted molar refractivity (Wildman–Crippen MR) is 69.9 cm³/mol. The molecule has 96 valence electrons. The van der Waals surface area contributed by atoms with Gasteiger partial charge in [0.25, 0.3) is 10.0 Å². The summed E-state index contributed by atoms with van der Waals surface area (Å²) in [6.07, 6.45) is 4.16. The smallest absolute Gasteiger partial charge is 0.271 e. The topological polar surface area (TPSA) is 84.0 Å². The second kappa shape index (κ2) is 5.42. The lowest BCUT2D eigenvalue weighted by Gasteiger charge is -2.04. The van der Waals surface area contributed by atoms with Gasteiger partial charge in [-0.05, 0) is 19.2 Å². The van der Waals surface area contributed by atoms with E-state index in [1.807, 2.05) is 7.05 Å². The maximum absolute atomic E-state index is 12.0. The SMILES string of the molecule is CNCc1ccc(S(=O)(=O)Nc2cncnc2)s1. The van der Waals surface area contributed by atoms with Crippen LogP contribution in [0.15, 0.2) is 35.1 Å². The van der Waals surface area contributed by atoms with E-state index in [0.717, 1.165) is 4.88 Å². The molecule has 0 aliphatic heterocycles. The van der Waals surface area contributed by atoms with Crippen molar-refractivity contribution in [3.63, 3.8) is 0 Å². The van der Waals surface area contributed by atoms with Gasteiger partial charge >= 0.3 is 0 Å². The molecule has 18 heavy (non-hydrogen) atoms. The summed E-state index contributed by atoms with van der Waals surface area (Å²) in [5.74, 6) is 0. The zero-order valence-corrected chi connectivity index (χ0v) is 11.3. The third kappa shape index (κ3) is 3.03. The number of hydrogen-bond acceptors (Lipinski definition) is 6. The molecule has 8 heteroatoms. The quantitative estimate of drug-likeness (QED) is 0.857. The Balaban J connectivity index is 2.20. The zero-order valence-electron chi connectivity index (χ0n) is 9.62. The monoisotopic (exact) mass is 284 g/mol. The number of nitrogens with zero attached hydrogens (tertiary/aromatic N) is 2. The Kier molecular flexibility index (Phi) is 3.90. The third-order valence-electron chi connectivity index (χ3n) is 2.07. The summed E-state index contributed by atoms with van der Waals surface area (Å²) in [5, 5.41) is 2.97. The fourth-order valence-corrected chi connectivity index (χ4v) is 3.72. The van der Waals surface area contributed by atoms with Gasteiger partial charge in [-0.25, -0.2) is 18.4 Å². The molecule has 0 spiro atoms. The highest BCUT2D eigenvalue weighted by Crippen LogP contribution is 2.23. The number of anilines is 1. The largest absolute Gasteiger partial charge is 0.315 e. The molecule has 0 aromatic carbocycles. The summed E-state index contributed by atoms with van der Waals surface area (Å²) in [4.78, 5) is 8.47. The van der Waals surface area contributed by atoms with Crippen molar-refractivity contribution in [3.05, 3.63) is 35.7 Å². The van der Waals surface area contributed by atoms with Crippen LogP contribution in [-0.4, -0.2) is 25.4 Å². The Hall–Kier alpha value is -1.51. The van der Waals surface area contributed by atoms with Crippen LogP contribution in [0.1, 0.15) is 4.88 Å². The molecular weight excluding hydrogens is 272 g/mol. The molecule has 2 rings (SSSR count). The van der Waals surface area contributed by atoms with Crippen LogP contribution in [0.4, 0.5) is 5.69 Å². The first-order chi connectivity index (χ1) is 8.62. The van der Waals surface area contributed by atoms with Crippen molar-refractivity contribution in [1.29, 1.82) is 0 Å². The second-order valence-corrected chi connectivity index (χ2v) is 6.56. The lowest BCUT2D eigenvalue weighted by atomic mass is 10.5. The van der Waals surface area contributed by atoms with Crippen molar-refractivity contribution in [2.45, 2.75) is 10.8 Å². The van der Waals surface area contributed by atoms with Gasteiger partial charge in [-0.15, -0.1) is 11.3 Å². The minimum Gasteiger partial charge on any atom is -0.315 e. The average Bonchev–Trinajstić information content (AvgIpc) is 2.80. The van der Waals surface area contributed by atoms with E-state index in [9.17, 15) is 8.42 Å². The number of nitrogens with one attached hydrogen (secondary N) is 2. The molecule has 0 atom stereocenters. The fraction of sp³-hybridized carbons (Fsp3) is 0.200. The van der Waals surface area contributed by atoms with Crippen LogP contribution in [0.2, 0.25) is 0 Å². The first-order valence-corrected chi connectivity index (χ1v) is 7.43. The van der Waals surface area contributed by atoms with E-state index < -0.39 is 10.0 Å². The normalized spacial score (nSPS) is 11.4. The van der Waals surface area contributed by atoms with Crippen molar-refractivity contribution >= 4 is 27.0 Å². The van der Waals surface area contributed by atoms with Gasteiger partial charge in [0.1, 0.15) is 10.5 Å². The summed E-state index contributed by atoms with van der Waals surface area (Å²) < 4.78 is 26.8. The van der Waals surface area contributed by atoms with Gasteiger partial charge in [0.05, 0.1) is 18.1 Å². The van der Waals surface area contributed by atoms with E-state index >= 15 is 0 Å². The highest BCUT2D eigenvalue weighted by molar-refractivity contribution is 7.94. The molecule has 2 N–H and O–H groups in total. The predicted octanol–water partition coefficient (Wildman–Crippen LogP) is 1.06. The van der Waals surface area contributed by atoms with Crippen molar-refractivity contribution in [2.75, 3.05) is 11.8 Å². The van der Waals surface area contributed by atoms with Crippen molar-refractivity contribution in [2.24, 2.45) is 0 Å². The molecule has 0 radical (unpaired) electrons. The van der Waals surface area contributed by atoms with Gasteiger partial charge in [-0.1, -0.05) is 0 Å². The number of rotatable bonds is 5. The molecule has 0 fully saturated rings. The molecule has 0 amide bonds. The second-order valence-electron chi connectivity index (χ2n) is 3.48. The molecule has 0 aliphatic rings. The Bertz CT molecular complexity index is 610. The molecule has 0 saturated carbocycles. The maximum Gasteiger partial charge on any atom is 0.271 e. The van der Waals surface area contributed by atoms with Gasteiger partial charge < -0.3 is 5.32 Å². The van der Waals surface area contributed by atoms with Crippen LogP contribution < -0.4 is 10.0 Å². The van der Waals surface area contributed by atoms with Gasteiger partial charge in [-0.3, -0.25) is 4.72 Å². The van der Waals surface area contributed by atoms with Gasteiger partial charge in [0.2, 0.25) is 0 Å². The van der Waals surface area contributed by atoms with Crippen molar-refractivity contribution in [3.8, 4) is 0 Å². The third-order valence-corrected chi connectivity index (χ3v) is 5.02. The molecule has 0 saturated heterocycles.